The average Bonchev–Trinajstić information content (AvgIpc) is 2.61. The van der Waals surface area contributed by atoms with Crippen LogP contribution in [0.4, 0.5) is 22.7 Å². The summed E-state index contributed by atoms with van der Waals surface area (Å²) in [5, 5.41) is 27.5. The predicted octanol–water partition coefficient (Wildman–Crippen LogP) is 4.31. The van der Waals surface area contributed by atoms with Crippen LogP contribution in [0.5, 0.6) is 0 Å². The molecule has 1 N–H and O–H groups in total. The summed E-state index contributed by atoms with van der Waals surface area (Å²) >= 11 is 0. The smallest absolute Gasteiger partial charge is 0.305 e. The molecule has 8 heteroatoms. The van der Waals surface area contributed by atoms with Gasteiger partial charge in [-0.1, -0.05) is 0 Å². The molecule has 0 radical (unpaired) electrons. The number of nitro groups is 1. The lowest BCUT2D eigenvalue weighted by atomic mass is 10.2. The molecule has 0 amide bonds. The number of nitrogens with zero attached hydrogens (tertiary/aromatic N) is 4. The third-order valence-corrected chi connectivity index (χ3v) is 3.53. The number of nitro benzene ring substituents is 1. The van der Waals surface area contributed by atoms with E-state index in [2.05, 4.69) is 10.2 Å². The van der Waals surface area contributed by atoms with Crippen LogP contribution in [0.2, 0.25) is 0 Å². The van der Waals surface area contributed by atoms with Gasteiger partial charge in [0.2, 0.25) is 0 Å². The minimum Gasteiger partial charge on any atom is -0.481 e. The van der Waals surface area contributed by atoms with Crippen LogP contribution in [0.1, 0.15) is 13.3 Å². The highest BCUT2D eigenvalue weighted by Gasteiger charge is 2.07. The molecule has 2 aromatic rings. The Labute approximate surface area is 144 Å². The van der Waals surface area contributed by atoms with Crippen molar-refractivity contribution in [2.75, 3.05) is 18.0 Å². The zero-order chi connectivity index (χ0) is 18.2. The lowest BCUT2D eigenvalue weighted by Crippen LogP contribution is -2.25. The number of hydrogen-bond acceptors (Lipinski definition) is 6. The number of hydrogen-bond donors (Lipinski definition) is 1. The third-order valence-electron chi connectivity index (χ3n) is 3.53. The molecule has 8 nitrogen and oxygen atoms in total. The highest BCUT2D eigenvalue weighted by molar-refractivity contribution is 5.67. The first-order chi connectivity index (χ1) is 12.0. The van der Waals surface area contributed by atoms with Crippen molar-refractivity contribution < 1.29 is 14.8 Å². The fourth-order valence-electron chi connectivity index (χ4n) is 2.19. The summed E-state index contributed by atoms with van der Waals surface area (Å²) in [6, 6.07) is 13.1. The van der Waals surface area contributed by atoms with Gasteiger partial charge in [0.1, 0.15) is 0 Å². The van der Waals surface area contributed by atoms with Crippen LogP contribution in [0.25, 0.3) is 0 Å². The molecule has 0 bridgehead atoms. The molecule has 2 rings (SSSR count). The Kier molecular flexibility index (Phi) is 6.16. The number of azo groups is 1. The molecular formula is C17H18N4O4. The van der Waals surface area contributed by atoms with Gasteiger partial charge in [-0.15, -0.1) is 0 Å². The second-order valence-electron chi connectivity index (χ2n) is 5.21. The zero-order valence-electron chi connectivity index (χ0n) is 13.7. The summed E-state index contributed by atoms with van der Waals surface area (Å²) in [5.41, 5.74) is 2.07. The van der Waals surface area contributed by atoms with E-state index in [1.54, 1.807) is 12.1 Å². The molecule has 25 heavy (non-hydrogen) atoms. The highest BCUT2D eigenvalue weighted by atomic mass is 16.6. The second-order valence-corrected chi connectivity index (χ2v) is 5.21. The number of carboxylic acids is 1. The van der Waals surface area contributed by atoms with E-state index in [1.165, 1.54) is 24.3 Å². The van der Waals surface area contributed by atoms with Crippen molar-refractivity contribution in [2.24, 2.45) is 10.2 Å². The maximum absolute atomic E-state index is 10.7. The van der Waals surface area contributed by atoms with Gasteiger partial charge in [-0.3, -0.25) is 14.9 Å². The largest absolute Gasteiger partial charge is 0.481 e. The van der Waals surface area contributed by atoms with Crippen molar-refractivity contribution >= 4 is 28.7 Å². The van der Waals surface area contributed by atoms with E-state index in [9.17, 15) is 14.9 Å². The third kappa shape index (κ3) is 5.38. The molecule has 2 aromatic carbocycles. The molecule has 0 saturated carbocycles. The molecule has 0 spiro atoms. The van der Waals surface area contributed by atoms with Gasteiger partial charge in [0.05, 0.1) is 22.7 Å². The number of aliphatic carboxylic acids is 1. The molecule has 0 aliphatic carbocycles. The Bertz CT molecular complexity index is 757. The summed E-state index contributed by atoms with van der Waals surface area (Å²) in [5.74, 6) is -0.827. The Balaban J connectivity index is 2.03. The van der Waals surface area contributed by atoms with Gasteiger partial charge in [0.15, 0.2) is 0 Å². The fraction of sp³-hybridized carbons (Fsp3) is 0.235. The molecule has 0 aromatic heterocycles. The van der Waals surface area contributed by atoms with Crippen molar-refractivity contribution in [3.05, 3.63) is 58.6 Å². The van der Waals surface area contributed by atoms with Gasteiger partial charge in [0.25, 0.3) is 5.69 Å². The van der Waals surface area contributed by atoms with Crippen LogP contribution in [-0.4, -0.2) is 29.1 Å². The number of non-ortho nitro benzene ring substituents is 1. The molecule has 0 aliphatic heterocycles. The van der Waals surface area contributed by atoms with Crippen LogP contribution in [0.3, 0.4) is 0 Å². The standard InChI is InChI=1S/C17H18N4O4/c1-2-20(12-11-17(22)23)15-7-3-13(4-8-15)18-19-14-5-9-16(10-6-14)21(24)25/h3-10H,2,11-12H2,1H3,(H,22,23)/b19-18+. The summed E-state index contributed by atoms with van der Waals surface area (Å²) in [7, 11) is 0. The second kappa shape index (κ2) is 8.53. The number of carboxylic acid groups (broad SMARTS) is 1. The predicted molar refractivity (Wildman–Crippen MR) is 93.9 cm³/mol. The Hall–Kier alpha value is -3.29. The molecule has 0 fully saturated rings. The van der Waals surface area contributed by atoms with E-state index in [4.69, 9.17) is 5.11 Å². The Morgan fingerprint density at radius 3 is 2.04 bits per heavy atom. The first-order valence-corrected chi connectivity index (χ1v) is 7.72. The first kappa shape index (κ1) is 18.1. The molecule has 0 atom stereocenters. The number of benzene rings is 2. The molecule has 0 unspecified atom stereocenters. The molecular weight excluding hydrogens is 324 g/mol. The van der Waals surface area contributed by atoms with Crippen molar-refractivity contribution in [1.29, 1.82) is 0 Å². The van der Waals surface area contributed by atoms with Crippen LogP contribution >= 0.6 is 0 Å². The summed E-state index contributed by atoms with van der Waals surface area (Å²) in [6.45, 7) is 3.11. The molecule has 0 aliphatic rings. The van der Waals surface area contributed by atoms with Crippen LogP contribution < -0.4 is 4.90 Å². The minimum absolute atomic E-state index is 0.00400. The van der Waals surface area contributed by atoms with Crippen molar-refractivity contribution in [1.82, 2.24) is 0 Å². The normalized spacial score (nSPS) is 10.8. The summed E-state index contributed by atoms with van der Waals surface area (Å²) < 4.78 is 0. The molecule has 0 heterocycles. The minimum atomic E-state index is -0.827. The first-order valence-electron chi connectivity index (χ1n) is 7.72. The van der Waals surface area contributed by atoms with Crippen LogP contribution in [0.15, 0.2) is 58.8 Å². The van der Waals surface area contributed by atoms with Crippen molar-refractivity contribution in [3.8, 4) is 0 Å². The highest BCUT2D eigenvalue weighted by Crippen LogP contribution is 2.23. The maximum Gasteiger partial charge on any atom is 0.305 e. The average molecular weight is 342 g/mol. The van der Waals surface area contributed by atoms with E-state index in [1.807, 2.05) is 24.0 Å². The van der Waals surface area contributed by atoms with Crippen LogP contribution in [0, 0.1) is 10.1 Å². The van der Waals surface area contributed by atoms with Gasteiger partial charge in [-0.25, -0.2) is 0 Å². The van der Waals surface area contributed by atoms with Crippen molar-refractivity contribution in [2.45, 2.75) is 13.3 Å². The van der Waals surface area contributed by atoms with Crippen LogP contribution in [-0.2, 0) is 4.79 Å². The monoisotopic (exact) mass is 342 g/mol. The number of anilines is 1. The van der Waals surface area contributed by atoms with Gasteiger partial charge >= 0.3 is 5.97 Å². The Morgan fingerprint density at radius 1 is 1.08 bits per heavy atom. The zero-order valence-corrected chi connectivity index (χ0v) is 13.7. The van der Waals surface area contributed by atoms with Gasteiger partial charge < -0.3 is 10.0 Å². The van der Waals surface area contributed by atoms with E-state index in [0.717, 1.165) is 5.69 Å². The maximum atomic E-state index is 10.7. The number of carbonyl (C=O) groups is 1. The van der Waals surface area contributed by atoms with E-state index < -0.39 is 10.9 Å². The molecule has 0 saturated heterocycles. The van der Waals surface area contributed by atoms with E-state index in [0.29, 0.717) is 24.5 Å². The lowest BCUT2D eigenvalue weighted by Gasteiger charge is -2.22. The van der Waals surface area contributed by atoms with E-state index >= 15 is 0 Å². The number of rotatable bonds is 8. The summed E-state index contributed by atoms with van der Waals surface area (Å²) in [4.78, 5) is 22.8. The quantitative estimate of drug-likeness (QED) is 0.437. The Morgan fingerprint density at radius 2 is 1.60 bits per heavy atom. The van der Waals surface area contributed by atoms with E-state index in [-0.39, 0.29) is 12.1 Å². The lowest BCUT2D eigenvalue weighted by molar-refractivity contribution is -0.384. The molecule has 130 valence electrons. The summed E-state index contributed by atoms with van der Waals surface area (Å²) in [6.07, 6.45) is 0.0788. The fourth-order valence-corrected chi connectivity index (χ4v) is 2.19. The SMILES string of the molecule is CCN(CCC(=O)O)c1ccc(/N=N/c2ccc([N+](=O)[O-])cc2)cc1. The van der Waals surface area contributed by atoms with Gasteiger partial charge in [-0.2, -0.15) is 10.2 Å². The van der Waals surface area contributed by atoms with Crippen molar-refractivity contribution in [3.63, 3.8) is 0 Å². The van der Waals surface area contributed by atoms with Gasteiger partial charge in [-0.05, 0) is 43.3 Å². The topological polar surface area (TPSA) is 108 Å². The van der Waals surface area contributed by atoms with Gasteiger partial charge in [0, 0.05) is 30.9 Å².